The van der Waals surface area contributed by atoms with Crippen molar-refractivity contribution in [2.45, 2.75) is 19.9 Å². The molecule has 1 fully saturated rings. The van der Waals surface area contributed by atoms with Crippen LogP contribution in [-0.4, -0.2) is 24.0 Å². The van der Waals surface area contributed by atoms with Crippen LogP contribution in [0.25, 0.3) is 0 Å². The first-order valence-corrected chi connectivity index (χ1v) is 7.61. The van der Waals surface area contributed by atoms with Crippen molar-refractivity contribution in [3.8, 4) is 0 Å². The van der Waals surface area contributed by atoms with Gasteiger partial charge in [0.05, 0.1) is 0 Å². The summed E-state index contributed by atoms with van der Waals surface area (Å²) in [6.07, 6.45) is 0.974. The van der Waals surface area contributed by atoms with E-state index in [2.05, 4.69) is 31.2 Å². The summed E-state index contributed by atoms with van der Waals surface area (Å²) in [5.41, 5.74) is 9.74. The zero-order valence-corrected chi connectivity index (χ0v) is 12.8. The summed E-state index contributed by atoms with van der Waals surface area (Å²) in [4.78, 5) is 16.4. The van der Waals surface area contributed by atoms with Crippen LogP contribution in [0.1, 0.15) is 17.5 Å². The predicted octanol–water partition coefficient (Wildman–Crippen LogP) is 3.41. The van der Waals surface area contributed by atoms with Crippen molar-refractivity contribution < 1.29 is 4.79 Å². The third-order valence-corrected chi connectivity index (χ3v) is 4.01. The minimum atomic E-state index is 0.0663. The summed E-state index contributed by atoms with van der Waals surface area (Å²) in [5, 5.41) is 0. The van der Waals surface area contributed by atoms with Crippen LogP contribution in [0.3, 0.4) is 0 Å². The minimum absolute atomic E-state index is 0.0663. The average Bonchev–Trinajstić information content (AvgIpc) is 2.53. The smallest absolute Gasteiger partial charge is 0.324 e. The van der Waals surface area contributed by atoms with Gasteiger partial charge in [-0.25, -0.2) is 4.79 Å². The number of carbonyl (C=O) groups is 1. The lowest BCUT2D eigenvalue weighted by Crippen LogP contribution is -2.49. The molecule has 0 saturated carbocycles. The molecule has 0 spiro atoms. The van der Waals surface area contributed by atoms with E-state index in [4.69, 9.17) is 5.73 Å². The fraction of sp³-hybridized carbons (Fsp3) is 0.278. The molecular formula is C18H21N3O. The van der Waals surface area contributed by atoms with Crippen LogP contribution in [0.2, 0.25) is 0 Å². The molecule has 2 aromatic carbocycles. The van der Waals surface area contributed by atoms with Gasteiger partial charge in [0.1, 0.15) is 0 Å². The van der Waals surface area contributed by atoms with Crippen LogP contribution in [0.15, 0.2) is 48.5 Å². The van der Waals surface area contributed by atoms with Crippen molar-refractivity contribution in [2.24, 2.45) is 0 Å². The Kier molecular flexibility index (Phi) is 4.00. The van der Waals surface area contributed by atoms with Gasteiger partial charge in [-0.2, -0.15) is 0 Å². The highest BCUT2D eigenvalue weighted by Crippen LogP contribution is 2.22. The molecule has 0 aromatic heterocycles. The Balaban J connectivity index is 1.74. The molecule has 114 valence electrons. The van der Waals surface area contributed by atoms with Gasteiger partial charge in [0.2, 0.25) is 0 Å². The molecule has 4 heteroatoms. The van der Waals surface area contributed by atoms with E-state index < -0.39 is 0 Å². The van der Waals surface area contributed by atoms with E-state index >= 15 is 0 Å². The van der Waals surface area contributed by atoms with Gasteiger partial charge in [0, 0.05) is 31.0 Å². The second-order valence-electron chi connectivity index (χ2n) is 5.79. The predicted molar refractivity (Wildman–Crippen MR) is 89.8 cm³/mol. The maximum absolute atomic E-state index is 12.7. The number of aryl methyl sites for hydroxylation is 1. The molecule has 0 aliphatic carbocycles. The van der Waals surface area contributed by atoms with Crippen molar-refractivity contribution in [1.29, 1.82) is 0 Å². The van der Waals surface area contributed by atoms with Gasteiger partial charge in [-0.3, -0.25) is 4.90 Å². The molecule has 1 aliphatic heterocycles. The number of nitrogens with two attached hydrogens (primary N) is 1. The molecule has 0 unspecified atom stereocenters. The molecule has 1 saturated heterocycles. The fourth-order valence-corrected chi connectivity index (χ4v) is 2.74. The number of rotatable bonds is 3. The first-order valence-electron chi connectivity index (χ1n) is 7.61. The number of hydrogen-bond donors (Lipinski definition) is 1. The molecule has 1 aliphatic rings. The van der Waals surface area contributed by atoms with Gasteiger partial charge in [0.25, 0.3) is 0 Å². The Bertz CT molecular complexity index is 649. The van der Waals surface area contributed by atoms with Crippen molar-refractivity contribution in [3.05, 3.63) is 59.7 Å². The lowest BCUT2D eigenvalue weighted by molar-refractivity contribution is 0.192. The van der Waals surface area contributed by atoms with Crippen molar-refractivity contribution >= 4 is 17.4 Å². The highest BCUT2D eigenvalue weighted by Gasteiger charge is 2.26. The van der Waals surface area contributed by atoms with Gasteiger partial charge < -0.3 is 10.6 Å². The Morgan fingerprint density at radius 1 is 1.00 bits per heavy atom. The van der Waals surface area contributed by atoms with Gasteiger partial charge >= 0.3 is 6.03 Å². The number of benzene rings is 2. The maximum Gasteiger partial charge on any atom is 0.324 e. The van der Waals surface area contributed by atoms with E-state index in [0.29, 0.717) is 12.2 Å². The van der Waals surface area contributed by atoms with E-state index in [1.54, 1.807) is 0 Å². The summed E-state index contributed by atoms with van der Waals surface area (Å²) in [7, 11) is 0. The topological polar surface area (TPSA) is 49.6 Å². The third-order valence-electron chi connectivity index (χ3n) is 4.01. The van der Waals surface area contributed by atoms with E-state index in [1.165, 1.54) is 5.56 Å². The highest BCUT2D eigenvalue weighted by molar-refractivity contribution is 5.92. The fourth-order valence-electron chi connectivity index (χ4n) is 2.74. The van der Waals surface area contributed by atoms with E-state index in [9.17, 15) is 4.79 Å². The molecule has 4 nitrogen and oxygen atoms in total. The van der Waals surface area contributed by atoms with Crippen LogP contribution in [-0.2, 0) is 6.54 Å². The molecule has 2 N–H and O–H groups in total. The Labute approximate surface area is 131 Å². The van der Waals surface area contributed by atoms with Crippen molar-refractivity contribution in [3.63, 3.8) is 0 Å². The largest absolute Gasteiger partial charge is 0.399 e. The normalized spacial score (nSPS) is 15.2. The number of amides is 2. The Morgan fingerprint density at radius 3 is 2.36 bits per heavy atom. The van der Waals surface area contributed by atoms with Gasteiger partial charge in [0.15, 0.2) is 0 Å². The van der Waals surface area contributed by atoms with Gasteiger partial charge in [-0.15, -0.1) is 0 Å². The first kappa shape index (κ1) is 14.4. The highest BCUT2D eigenvalue weighted by atomic mass is 16.2. The van der Waals surface area contributed by atoms with E-state index in [-0.39, 0.29) is 6.03 Å². The maximum atomic E-state index is 12.7. The number of hydrogen-bond acceptors (Lipinski definition) is 2. The average molecular weight is 295 g/mol. The Hall–Kier alpha value is -2.49. The van der Waals surface area contributed by atoms with Crippen LogP contribution in [0.5, 0.6) is 0 Å². The lowest BCUT2D eigenvalue weighted by Gasteiger charge is -2.35. The molecule has 0 radical (unpaired) electrons. The molecule has 22 heavy (non-hydrogen) atoms. The zero-order chi connectivity index (χ0) is 15.5. The Morgan fingerprint density at radius 2 is 1.68 bits per heavy atom. The summed E-state index contributed by atoms with van der Waals surface area (Å²) in [6, 6.07) is 15.9. The SMILES string of the molecule is Cc1ccc(CN2CCCN(c3ccc(N)cc3)C2=O)cc1. The molecule has 0 atom stereocenters. The molecule has 0 bridgehead atoms. The van der Waals surface area contributed by atoms with Crippen LogP contribution in [0, 0.1) is 6.92 Å². The lowest BCUT2D eigenvalue weighted by atomic mass is 10.1. The molecular weight excluding hydrogens is 274 g/mol. The van der Waals surface area contributed by atoms with Crippen molar-refractivity contribution in [1.82, 2.24) is 4.90 Å². The zero-order valence-electron chi connectivity index (χ0n) is 12.8. The molecule has 1 heterocycles. The molecule has 2 aromatic rings. The second-order valence-corrected chi connectivity index (χ2v) is 5.79. The number of urea groups is 1. The van der Waals surface area contributed by atoms with Gasteiger partial charge in [-0.05, 0) is 43.2 Å². The van der Waals surface area contributed by atoms with E-state index in [0.717, 1.165) is 30.8 Å². The monoisotopic (exact) mass is 295 g/mol. The summed E-state index contributed by atoms with van der Waals surface area (Å²) in [6.45, 7) is 4.29. The van der Waals surface area contributed by atoms with E-state index in [1.807, 2.05) is 34.1 Å². The van der Waals surface area contributed by atoms with Crippen LogP contribution < -0.4 is 10.6 Å². The summed E-state index contributed by atoms with van der Waals surface area (Å²) in [5.74, 6) is 0. The second kappa shape index (κ2) is 6.10. The quantitative estimate of drug-likeness (QED) is 0.882. The number of anilines is 2. The molecule has 3 rings (SSSR count). The summed E-state index contributed by atoms with van der Waals surface area (Å²) >= 11 is 0. The van der Waals surface area contributed by atoms with Gasteiger partial charge in [-0.1, -0.05) is 29.8 Å². The number of nitrogen functional groups attached to an aromatic ring is 1. The third kappa shape index (κ3) is 3.06. The number of carbonyl (C=O) groups excluding carboxylic acids is 1. The minimum Gasteiger partial charge on any atom is -0.399 e. The van der Waals surface area contributed by atoms with Crippen molar-refractivity contribution in [2.75, 3.05) is 23.7 Å². The number of nitrogens with zero attached hydrogens (tertiary/aromatic N) is 2. The van der Waals surface area contributed by atoms with Crippen LogP contribution in [0.4, 0.5) is 16.2 Å². The molecule has 2 amide bonds. The standard InChI is InChI=1S/C18H21N3O/c1-14-3-5-15(6-4-14)13-20-11-2-12-21(18(20)22)17-9-7-16(19)8-10-17/h3-10H,2,11-13,19H2,1H3. The first-order chi connectivity index (χ1) is 10.6. The van der Waals surface area contributed by atoms with Crippen LogP contribution >= 0.6 is 0 Å². The summed E-state index contributed by atoms with van der Waals surface area (Å²) < 4.78 is 0.